The van der Waals surface area contributed by atoms with Crippen LogP contribution < -0.4 is 4.74 Å². The largest absolute Gasteiger partial charge is 0.496 e. The number of amides is 1. The predicted molar refractivity (Wildman–Crippen MR) is 165 cm³/mol. The monoisotopic (exact) mass is 689 g/mol. The highest BCUT2D eigenvalue weighted by Gasteiger charge is 2.50. The van der Waals surface area contributed by atoms with Crippen LogP contribution in [0.15, 0.2) is 72.8 Å². The van der Waals surface area contributed by atoms with Crippen molar-refractivity contribution in [1.82, 2.24) is 4.90 Å². The van der Waals surface area contributed by atoms with E-state index >= 15 is 0 Å². The average molecular weight is 690 g/mol. The van der Waals surface area contributed by atoms with E-state index < -0.39 is 57.8 Å². The number of methoxy groups -OCH3 is 1. The van der Waals surface area contributed by atoms with E-state index in [4.69, 9.17) is 4.74 Å². The summed E-state index contributed by atoms with van der Waals surface area (Å²) >= 11 is 0.725. The first-order valence-corrected chi connectivity index (χ1v) is 15.5. The number of rotatable bonds is 6. The van der Waals surface area contributed by atoms with Gasteiger partial charge in [-0.15, -0.1) is 0 Å². The van der Waals surface area contributed by atoms with Crippen molar-refractivity contribution in [3.05, 3.63) is 112 Å². The van der Waals surface area contributed by atoms with E-state index in [1.807, 2.05) is 0 Å². The SMILES string of the molecule is COc1ccc(-c2ccc(C(=O)O)cc2C)cc1-c1ccc(C(F)(F)F)cc1[C@@H]1CC[C@H]2[C@@H](c3cc(F)cc(C(F)(F)F)c3)SC(=O)N12. The molecule has 4 aromatic rings. The molecule has 2 aliphatic rings. The number of hydrogen-bond acceptors (Lipinski definition) is 4. The minimum Gasteiger partial charge on any atom is -0.496 e. The van der Waals surface area contributed by atoms with Crippen LogP contribution in [0.25, 0.3) is 22.3 Å². The van der Waals surface area contributed by atoms with Gasteiger partial charge >= 0.3 is 18.3 Å². The van der Waals surface area contributed by atoms with Gasteiger partial charge in [-0.1, -0.05) is 30.0 Å². The van der Waals surface area contributed by atoms with Crippen LogP contribution in [-0.4, -0.2) is 34.4 Å². The first-order chi connectivity index (χ1) is 22.6. The summed E-state index contributed by atoms with van der Waals surface area (Å²) in [4.78, 5) is 26.3. The predicted octanol–water partition coefficient (Wildman–Crippen LogP) is 10.3. The second-order valence-corrected chi connectivity index (χ2v) is 12.8. The first kappa shape index (κ1) is 33.4. The van der Waals surface area contributed by atoms with E-state index in [0.29, 0.717) is 39.6 Å². The highest BCUT2D eigenvalue weighted by Crippen LogP contribution is 2.56. The molecule has 6 rings (SSSR count). The van der Waals surface area contributed by atoms with Gasteiger partial charge in [-0.25, -0.2) is 9.18 Å². The van der Waals surface area contributed by atoms with Crippen molar-refractivity contribution < 1.29 is 50.2 Å². The Kier molecular flexibility index (Phi) is 8.47. The van der Waals surface area contributed by atoms with Crippen molar-refractivity contribution >= 4 is 23.0 Å². The fourth-order valence-corrected chi connectivity index (χ4v) is 7.95. The Morgan fingerprint density at radius 1 is 0.854 bits per heavy atom. The molecule has 48 heavy (non-hydrogen) atoms. The molecule has 2 heterocycles. The van der Waals surface area contributed by atoms with Crippen molar-refractivity contribution in [2.24, 2.45) is 0 Å². The lowest BCUT2D eigenvalue weighted by molar-refractivity contribution is -0.138. The number of carboxylic acid groups (broad SMARTS) is 1. The third kappa shape index (κ3) is 6.11. The lowest BCUT2D eigenvalue weighted by atomic mass is 9.89. The van der Waals surface area contributed by atoms with Crippen LogP contribution in [0.1, 0.15) is 62.3 Å². The summed E-state index contributed by atoms with van der Waals surface area (Å²) in [5.41, 5.74) is 0.810. The third-order valence-corrected chi connectivity index (χ3v) is 10.1. The van der Waals surface area contributed by atoms with E-state index in [0.717, 1.165) is 36.0 Å². The van der Waals surface area contributed by atoms with Crippen molar-refractivity contribution in [3.8, 4) is 28.0 Å². The Morgan fingerprint density at radius 3 is 2.21 bits per heavy atom. The number of carboxylic acids is 1. The molecule has 2 aliphatic heterocycles. The van der Waals surface area contributed by atoms with E-state index in [-0.39, 0.29) is 29.5 Å². The number of nitrogens with zero attached hydrogens (tertiary/aromatic N) is 1. The van der Waals surface area contributed by atoms with Crippen LogP contribution >= 0.6 is 11.8 Å². The van der Waals surface area contributed by atoms with Gasteiger partial charge in [0.2, 0.25) is 0 Å². The zero-order valence-electron chi connectivity index (χ0n) is 25.2. The minimum absolute atomic E-state index is 0.0308. The minimum atomic E-state index is -4.82. The number of carbonyl (C=O) groups excluding carboxylic acids is 1. The van der Waals surface area contributed by atoms with Crippen molar-refractivity contribution in [2.75, 3.05) is 7.11 Å². The molecular weight excluding hydrogens is 663 g/mol. The number of aryl methyl sites for hydroxylation is 1. The van der Waals surface area contributed by atoms with Crippen LogP contribution in [0, 0.1) is 12.7 Å². The molecular formula is C35H26F7NO4S. The van der Waals surface area contributed by atoms with Gasteiger partial charge in [0.05, 0.1) is 35.1 Å². The number of benzene rings is 4. The number of aromatic carboxylic acids is 1. The lowest BCUT2D eigenvalue weighted by Crippen LogP contribution is -2.31. The van der Waals surface area contributed by atoms with Gasteiger partial charge in [-0.05, 0) is 108 Å². The Hall–Kier alpha value is -4.52. The zero-order chi connectivity index (χ0) is 34.7. The summed E-state index contributed by atoms with van der Waals surface area (Å²) < 4.78 is 103. The lowest BCUT2D eigenvalue weighted by Gasteiger charge is -2.28. The second-order valence-electron chi connectivity index (χ2n) is 11.7. The maximum absolute atomic E-state index is 14.3. The fourth-order valence-electron chi connectivity index (χ4n) is 6.65. The quantitative estimate of drug-likeness (QED) is 0.204. The number of ether oxygens (including phenoxy) is 1. The zero-order valence-corrected chi connectivity index (χ0v) is 26.1. The number of halogens is 7. The topological polar surface area (TPSA) is 66.8 Å². The maximum atomic E-state index is 14.3. The van der Waals surface area contributed by atoms with Gasteiger partial charge in [0.15, 0.2) is 0 Å². The summed E-state index contributed by atoms with van der Waals surface area (Å²) in [5.74, 6) is -1.88. The molecule has 13 heteroatoms. The molecule has 0 unspecified atom stereocenters. The van der Waals surface area contributed by atoms with Gasteiger partial charge in [-0.2, -0.15) is 26.3 Å². The van der Waals surface area contributed by atoms with Crippen molar-refractivity contribution in [1.29, 1.82) is 0 Å². The van der Waals surface area contributed by atoms with Crippen LogP contribution in [-0.2, 0) is 12.4 Å². The highest BCUT2D eigenvalue weighted by atomic mass is 32.2. The summed E-state index contributed by atoms with van der Waals surface area (Å²) in [6, 6.07) is 13.5. The van der Waals surface area contributed by atoms with Gasteiger partial charge in [-0.3, -0.25) is 4.79 Å². The smallest absolute Gasteiger partial charge is 0.416 e. The molecule has 0 aromatic heterocycles. The molecule has 2 fully saturated rings. The molecule has 1 N–H and O–H groups in total. The van der Waals surface area contributed by atoms with Crippen molar-refractivity contribution in [2.45, 2.75) is 49.5 Å². The molecule has 250 valence electrons. The molecule has 2 saturated heterocycles. The number of hydrogen-bond donors (Lipinski definition) is 1. The normalized spacial score (nSPS) is 19.5. The van der Waals surface area contributed by atoms with Gasteiger partial charge in [0.1, 0.15) is 11.6 Å². The van der Waals surface area contributed by atoms with E-state index in [1.165, 1.54) is 30.2 Å². The van der Waals surface area contributed by atoms with Crippen molar-refractivity contribution in [3.63, 3.8) is 0 Å². The van der Waals surface area contributed by atoms with Gasteiger partial charge in [0.25, 0.3) is 5.24 Å². The fraction of sp³-hybridized carbons (Fsp3) is 0.257. The maximum Gasteiger partial charge on any atom is 0.416 e. The standard InChI is InChI=1S/C35H26F7NO4S/c1-17-11-19(32(44)45)3-6-24(17)18-4-10-30(47-2)27(14-18)25-7-5-21(34(37,38)39)16-26(25)28-8-9-29-31(48-33(46)43(28)29)20-12-22(35(40,41)42)15-23(36)13-20/h3-7,10-16,28-29,31H,8-9H2,1-2H3,(H,44,45)/t28-,29-,31+/m0/s1. The molecule has 4 aromatic carbocycles. The molecule has 0 aliphatic carbocycles. The summed E-state index contributed by atoms with van der Waals surface area (Å²) in [6.45, 7) is 1.73. The molecule has 0 radical (unpaired) electrons. The van der Waals surface area contributed by atoms with Crippen LogP contribution in [0.3, 0.4) is 0 Å². The number of thioether (sulfide) groups is 1. The van der Waals surface area contributed by atoms with E-state index in [2.05, 4.69) is 0 Å². The Balaban J connectivity index is 1.46. The third-order valence-electron chi connectivity index (χ3n) is 8.80. The van der Waals surface area contributed by atoms with Gasteiger partial charge < -0.3 is 14.7 Å². The van der Waals surface area contributed by atoms with E-state index in [1.54, 1.807) is 31.2 Å². The molecule has 0 saturated carbocycles. The summed E-state index contributed by atoms with van der Waals surface area (Å²) in [5, 5.41) is 7.97. The average Bonchev–Trinajstić information content (AvgIpc) is 3.60. The number of carbonyl (C=O) groups is 2. The molecule has 5 nitrogen and oxygen atoms in total. The Labute approximate surface area is 274 Å². The first-order valence-electron chi connectivity index (χ1n) is 14.7. The van der Waals surface area contributed by atoms with Crippen LogP contribution in [0.4, 0.5) is 35.5 Å². The molecule has 0 spiro atoms. The Bertz CT molecular complexity index is 1940. The molecule has 1 amide bonds. The number of alkyl halides is 6. The van der Waals surface area contributed by atoms with Crippen LogP contribution in [0.2, 0.25) is 0 Å². The highest BCUT2D eigenvalue weighted by molar-refractivity contribution is 8.14. The summed E-state index contributed by atoms with van der Waals surface area (Å²) in [6.07, 6.45) is -9.07. The number of fused-ring (bicyclic) bond motifs is 1. The second kappa shape index (κ2) is 12.2. The van der Waals surface area contributed by atoms with Crippen LogP contribution in [0.5, 0.6) is 5.75 Å². The Morgan fingerprint density at radius 2 is 1.56 bits per heavy atom. The molecule has 0 bridgehead atoms. The summed E-state index contributed by atoms with van der Waals surface area (Å²) in [7, 11) is 1.40. The van der Waals surface area contributed by atoms with Gasteiger partial charge in [0, 0.05) is 11.6 Å². The molecule has 3 atom stereocenters. The van der Waals surface area contributed by atoms with E-state index in [9.17, 15) is 45.4 Å².